The Bertz CT molecular complexity index is 1670. The zero-order chi connectivity index (χ0) is 31.6. The molecule has 0 aromatic heterocycles. The summed E-state index contributed by atoms with van der Waals surface area (Å²) in [5, 5.41) is 0.197. The minimum Gasteiger partial charge on any atom is -0.486 e. The number of rotatable bonds is 7. The van der Waals surface area contributed by atoms with E-state index in [1.807, 2.05) is 0 Å². The van der Waals surface area contributed by atoms with Crippen molar-refractivity contribution in [3.05, 3.63) is 88.2 Å². The minimum absolute atomic E-state index is 0.0842. The summed E-state index contributed by atoms with van der Waals surface area (Å²) in [5.41, 5.74) is 0.126. The molecule has 0 N–H and O–H groups in total. The Hall–Kier alpha value is -3.61. The van der Waals surface area contributed by atoms with Crippen LogP contribution in [0.4, 0.5) is 23.2 Å². The average molecular weight is 653 g/mol. The number of sulfonamides is 1. The Morgan fingerprint density at radius 3 is 2.50 bits per heavy atom. The summed E-state index contributed by atoms with van der Waals surface area (Å²) in [6.45, 7) is 3.18. The van der Waals surface area contributed by atoms with Crippen LogP contribution in [0.3, 0.4) is 0 Å². The number of fused-ring (bicyclic) bond motifs is 1. The molecule has 0 radical (unpaired) electrons. The second kappa shape index (κ2) is 12.8. The van der Waals surface area contributed by atoms with Crippen LogP contribution in [0.15, 0.2) is 65.6 Å². The van der Waals surface area contributed by atoms with Gasteiger partial charge in [0.2, 0.25) is 5.91 Å². The normalized spacial score (nSPS) is 17.7. The van der Waals surface area contributed by atoms with Gasteiger partial charge in [0, 0.05) is 25.1 Å². The zero-order valence-corrected chi connectivity index (χ0v) is 25.2. The van der Waals surface area contributed by atoms with Crippen molar-refractivity contribution in [2.24, 2.45) is 0 Å². The predicted octanol–water partition coefficient (Wildman–Crippen LogP) is 6.65. The molecule has 3 aromatic carbocycles. The number of hydrogen-bond acceptors (Lipinski definition) is 5. The van der Waals surface area contributed by atoms with Gasteiger partial charge in [0.15, 0.2) is 0 Å². The van der Waals surface area contributed by atoms with Gasteiger partial charge in [-0.2, -0.15) is 13.2 Å². The van der Waals surface area contributed by atoms with Gasteiger partial charge in [-0.05, 0) is 66.9 Å². The number of hydrogen-bond donors (Lipinski definition) is 0. The first-order valence-corrected chi connectivity index (χ1v) is 15.7. The average Bonchev–Trinajstić information content (AvgIpc) is 2.99. The van der Waals surface area contributed by atoms with Gasteiger partial charge in [-0.3, -0.25) is 9.10 Å². The highest BCUT2D eigenvalue weighted by Crippen LogP contribution is 2.40. The van der Waals surface area contributed by atoms with E-state index >= 15 is 0 Å². The summed E-state index contributed by atoms with van der Waals surface area (Å²) in [6.07, 6.45) is -3.63. The number of ether oxygens (including phenoxy) is 2. The van der Waals surface area contributed by atoms with Gasteiger partial charge >= 0.3 is 6.18 Å². The Kier molecular flexibility index (Phi) is 9.24. The van der Waals surface area contributed by atoms with Crippen LogP contribution in [0.5, 0.6) is 5.75 Å². The largest absolute Gasteiger partial charge is 0.486 e. The van der Waals surface area contributed by atoms with Crippen molar-refractivity contribution in [3.8, 4) is 5.75 Å². The van der Waals surface area contributed by atoms with Gasteiger partial charge in [0.25, 0.3) is 10.0 Å². The van der Waals surface area contributed by atoms with Crippen molar-refractivity contribution in [1.82, 2.24) is 4.90 Å². The fourth-order valence-electron chi connectivity index (χ4n) is 5.21. The maximum atomic E-state index is 14.5. The number of morpholine rings is 1. The van der Waals surface area contributed by atoms with Crippen LogP contribution in [0.2, 0.25) is 5.02 Å². The van der Waals surface area contributed by atoms with Crippen LogP contribution in [-0.2, 0) is 25.7 Å². The lowest BCUT2D eigenvalue weighted by Gasteiger charge is -2.36. The minimum atomic E-state index is -4.75. The number of benzene rings is 3. The monoisotopic (exact) mass is 652 g/mol. The lowest BCUT2D eigenvalue weighted by Crippen LogP contribution is -2.45. The lowest BCUT2D eigenvalue weighted by molar-refractivity contribution is -0.138. The van der Waals surface area contributed by atoms with Gasteiger partial charge in [0.05, 0.1) is 40.9 Å². The summed E-state index contributed by atoms with van der Waals surface area (Å²) in [7, 11) is -4.52. The summed E-state index contributed by atoms with van der Waals surface area (Å²) in [5.74, 6) is -0.483. The quantitative estimate of drug-likeness (QED) is 0.211. The topological polar surface area (TPSA) is 76.2 Å². The van der Waals surface area contributed by atoms with Crippen molar-refractivity contribution in [1.29, 1.82) is 0 Å². The number of halogens is 5. The number of anilines is 1. The number of amides is 1. The molecule has 0 bridgehead atoms. The highest BCUT2D eigenvalue weighted by molar-refractivity contribution is 7.92. The first-order chi connectivity index (χ1) is 20.8. The summed E-state index contributed by atoms with van der Waals surface area (Å²) in [4.78, 5) is 13.9. The Morgan fingerprint density at radius 1 is 1.07 bits per heavy atom. The SMILES string of the molecule is CC(=Cc1ccc2c(c1)N(S(=O)(=O)c1cccc(C(F)(F)F)c1)CC(CCC(=O)N1CCOCC1)O2)c1c(F)cccc1Cl. The van der Waals surface area contributed by atoms with Crippen molar-refractivity contribution < 1.29 is 40.2 Å². The van der Waals surface area contributed by atoms with Crippen molar-refractivity contribution in [2.45, 2.75) is 36.9 Å². The molecule has 1 saturated heterocycles. The summed E-state index contributed by atoms with van der Waals surface area (Å²) >= 11 is 6.22. The number of alkyl halides is 3. The fraction of sp³-hybridized carbons (Fsp3) is 0.323. The van der Waals surface area contributed by atoms with Crippen LogP contribution in [0, 0.1) is 5.82 Å². The van der Waals surface area contributed by atoms with Crippen LogP contribution >= 0.6 is 11.6 Å². The van der Waals surface area contributed by atoms with Crippen molar-refractivity contribution in [2.75, 3.05) is 37.2 Å². The Balaban J connectivity index is 1.50. The number of carbonyl (C=O) groups excluding carboxylic acids is 1. The molecular weight excluding hydrogens is 624 g/mol. The highest BCUT2D eigenvalue weighted by atomic mass is 35.5. The van der Waals surface area contributed by atoms with E-state index in [0.717, 1.165) is 22.5 Å². The van der Waals surface area contributed by atoms with E-state index in [9.17, 15) is 30.8 Å². The van der Waals surface area contributed by atoms with E-state index in [1.165, 1.54) is 18.2 Å². The lowest BCUT2D eigenvalue weighted by atomic mass is 10.0. The molecule has 0 saturated carbocycles. The second-order valence-electron chi connectivity index (χ2n) is 10.5. The molecule has 1 unspecified atom stereocenters. The molecule has 0 spiro atoms. The third kappa shape index (κ3) is 6.87. The molecule has 3 aromatic rings. The number of nitrogens with zero attached hydrogens (tertiary/aromatic N) is 2. The first kappa shape index (κ1) is 31.8. The third-order valence-electron chi connectivity index (χ3n) is 7.45. The molecule has 13 heteroatoms. The van der Waals surface area contributed by atoms with E-state index in [-0.39, 0.29) is 47.3 Å². The first-order valence-electron chi connectivity index (χ1n) is 13.8. The smallest absolute Gasteiger partial charge is 0.416 e. The molecule has 1 fully saturated rings. The molecule has 44 heavy (non-hydrogen) atoms. The molecular formula is C31H29ClF4N2O5S. The Morgan fingerprint density at radius 2 is 1.80 bits per heavy atom. The van der Waals surface area contributed by atoms with Gasteiger partial charge < -0.3 is 14.4 Å². The standard InChI is InChI=1S/C31H29ClF4N2O5S/c1-20(30-25(32)6-3-7-26(30)33)16-21-8-10-28-27(17-21)38(44(40,41)24-5-2-4-22(18-24)31(34,35)36)19-23(43-28)9-11-29(39)37-12-14-42-15-13-37/h2-8,10,16-18,23H,9,11-15,19H2,1H3. The summed E-state index contributed by atoms with van der Waals surface area (Å²) in [6, 6.07) is 12.5. The predicted molar refractivity (Wildman–Crippen MR) is 158 cm³/mol. The van der Waals surface area contributed by atoms with Crippen LogP contribution in [-0.4, -0.2) is 58.2 Å². The maximum absolute atomic E-state index is 14.5. The molecule has 234 valence electrons. The maximum Gasteiger partial charge on any atom is 0.416 e. The molecule has 2 aliphatic heterocycles. The Labute approximate surface area is 257 Å². The highest BCUT2D eigenvalue weighted by Gasteiger charge is 2.37. The molecule has 2 heterocycles. The van der Waals surface area contributed by atoms with Crippen LogP contribution < -0.4 is 9.04 Å². The molecule has 7 nitrogen and oxygen atoms in total. The molecule has 5 rings (SSSR count). The van der Waals surface area contributed by atoms with Crippen LogP contribution in [0.1, 0.15) is 36.5 Å². The van der Waals surface area contributed by atoms with Gasteiger partial charge in [-0.1, -0.05) is 35.9 Å². The molecule has 2 aliphatic rings. The van der Waals surface area contributed by atoms with Gasteiger partial charge in [-0.15, -0.1) is 0 Å². The van der Waals surface area contributed by atoms with Crippen molar-refractivity contribution >= 4 is 44.9 Å². The van der Waals surface area contributed by atoms with Crippen LogP contribution in [0.25, 0.3) is 11.6 Å². The van der Waals surface area contributed by atoms with Gasteiger partial charge in [-0.25, -0.2) is 12.8 Å². The van der Waals surface area contributed by atoms with E-state index in [1.54, 1.807) is 36.1 Å². The zero-order valence-electron chi connectivity index (χ0n) is 23.6. The van der Waals surface area contributed by atoms with E-state index in [2.05, 4.69) is 0 Å². The van der Waals surface area contributed by atoms with E-state index in [4.69, 9.17) is 21.1 Å². The van der Waals surface area contributed by atoms with E-state index < -0.39 is 38.6 Å². The molecule has 1 atom stereocenters. The second-order valence-corrected chi connectivity index (χ2v) is 12.8. The molecule has 0 aliphatic carbocycles. The third-order valence-corrected chi connectivity index (χ3v) is 9.54. The van der Waals surface area contributed by atoms with E-state index in [0.29, 0.717) is 43.5 Å². The summed E-state index contributed by atoms with van der Waals surface area (Å²) < 4.78 is 95.3. The van der Waals surface area contributed by atoms with Gasteiger partial charge in [0.1, 0.15) is 17.7 Å². The fourth-order valence-corrected chi connectivity index (χ4v) is 7.07. The number of carbonyl (C=O) groups is 1. The number of allylic oxidation sites excluding steroid dienone is 1. The molecule has 1 amide bonds. The van der Waals surface area contributed by atoms with Crippen molar-refractivity contribution in [3.63, 3.8) is 0 Å².